The van der Waals surface area contributed by atoms with Crippen LogP contribution in [0, 0.1) is 0 Å². The molecule has 0 aromatic heterocycles. The lowest BCUT2D eigenvalue weighted by molar-refractivity contribution is -0.123. The molecule has 0 spiro atoms. The van der Waals surface area contributed by atoms with Crippen LogP contribution in [0.3, 0.4) is 0 Å². The van der Waals surface area contributed by atoms with E-state index < -0.39 is 0 Å². The van der Waals surface area contributed by atoms with Crippen molar-refractivity contribution in [2.75, 3.05) is 13.2 Å². The standard InChI is InChI=1S/C17H24N2O2/c20-17(18-9-8-15-7-3-4-10-21-15)16-11-13-5-1-2-6-14(13)12-19-16/h1-2,5-6,15-16,19H,3-4,7-12H2,(H,18,20)/t15-,16+/m0/s1. The normalized spacial score (nSPS) is 25.1. The van der Waals surface area contributed by atoms with E-state index in [-0.39, 0.29) is 11.9 Å². The molecule has 0 saturated carbocycles. The number of benzene rings is 1. The zero-order valence-corrected chi connectivity index (χ0v) is 12.4. The number of fused-ring (bicyclic) bond motifs is 1. The Bertz CT molecular complexity index is 483. The number of rotatable bonds is 4. The maximum atomic E-state index is 12.2. The van der Waals surface area contributed by atoms with Gasteiger partial charge >= 0.3 is 0 Å². The van der Waals surface area contributed by atoms with Crippen molar-refractivity contribution in [3.63, 3.8) is 0 Å². The molecule has 0 aliphatic carbocycles. The highest BCUT2D eigenvalue weighted by molar-refractivity contribution is 5.82. The smallest absolute Gasteiger partial charge is 0.237 e. The number of carbonyl (C=O) groups is 1. The molecule has 2 heterocycles. The molecule has 2 aliphatic heterocycles. The second kappa shape index (κ2) is 7.05. The van der Waals surface area contributed by atoms with Gasteiger partial charge in [0, 0.05) is 19.7 Å². The van der Waals surface area contributed by atoms with Crippen LogP contribution in [0.25, 0.3) is 0 Å². The average molecular weight is 288 g/mol. The van der Waals surface area contributed by atoms with E-state index in [1.807, 2.05) is 12.1 Å². The molecule has 0 unspecified atom stereocenters. The van der Waals surface area contributed by atoms with Crippen molar-refractivity contribution in [2.45, 2.75) is 50.8 Å². The van der Waals surface area contributed by atoms with Gasteiger partial charge in [-0.1, -0.05) is 24.3 Å². The number of ether oxygens (including phenoxy) is 1. The van der Waals surface area contributed by atoms with Gasteiger partial charge in [-0.25, -0.2) is 0 Å². The summed E-state index contributed by atoms with van der Waals surface area (Å²) in [7, 11) is 0. The number of hydrogen-bond acceptors (Lipinski definition) is 3. The van der Waals surface area contributed by atoms with Crippen molar-refractivity contribution >= 4 is 5.91 Å². The first-order valence-electron chi connectivity index (χ1n) is 8.02. The Balaban J connectivity index is 1.44. The van der Waals surface area contributed by atoms with Crippen LogP contribution in [0.4, 0.5) is 0 Å². The molecule has 0 bridgehead atoms. The Labute approximate surface area is 126 Å². The molecule has 1 aromatic carbocycles. The third-order valence-corrected chi connectivity index (χ3v) is 4.44. The highest BCUT2D eigenvalue weighted by Crippen LogP contribution is 2.17. The molecule has 2 aliphatic rings. The molecule has 1 amide bonds. The van der Waals surface area contributed by atoms with E-state index >= 15 is 0 Å². The fourth-order valence-corrected chi connectivity index (χ4v) is 3.15. The number of hydrogen-bond donors (Lipinski definition) is 2. The zero-order chi connectivity index (χ0) is 14.5. The number of carbonyl (C=O) groups excluding carboxylic acids is 1. The predicted molar refractivity (Wildman–Crippen MR) is 82.0 cm³/mol. The van der Waals surface area contributed by atoms with Crippen molar-refractivity contribution < 1.29 is 9.53 Å². The van der Waals surface area contributed by atoms with E-state index in [9.17, 15) is 4.79 Å². The highest BCUT2D eigenvalue weighted by Gasteiger charge is 2.23. The molecule has 1 saturated heterocycles. The largest absolute Gasteiger partial charge is 0.378 e. The fraction of sp³-hybridized carbons (Fsp3) is 0.588. The average Bonchev–Trinajstić information content (AvgIpc) is 2.55. The maximum Gasteiger partial charge on any atom is 0.237 e. The van der Waals surface area contributed by atoms with Crippen molar-refractivity contribution in [1.29, 1.82) is 0 Å². The lowest BCUT2D eigenvalue weighted by Gasteiger charge is -2.26. The monoisotopic (exact) mass is 288 g/mol. The molecule has 1 fully saturated rings. The van der Waals surface area contributed by atoms with E-state index in [2.05, 4.69) is 22.8 Å². The minimum atomic E-state index is -0.104. The minimum Gasteiger partial charge on any atom is -0.378 e. The third kappa shape index (κ3) is 3.83. The minimum absolute atomic E-state index is 0.104. The van der Waals surface area contributed by atoms with Gasteiger partial charge in [0.05, 0.1) is 12.1 Å². The third-order valence-electron chi connectivity index (χ3n) is 4.44. The van der Waals surface area contributed by atoms with Crippen LogP contribution in [0.5, 0.6) is 0 Å². The van der Waals surface area contributed by atoms with Crippen molar-refractivity contribution in [2.24, 2.45) is 0 Å². The van der Waals surface area contributed by atoms with Gasteiger partial charge in [-0.15, -0.1) is 0 Å². The van der Waals surface area contributed by atoms with Crippen LogP contribution in [0.1, 0.15) is 36.8 Å². The Morgan fingerprint density at radius 1 is 1.29 bits per heavy atom. The summed E-state index contributed by atoms with van der Waals surface area (Å²) in [6.45, 7) is 2.36. The summed E-state index contributed by atoms with van der Waals surface area (Å²) in [5.41, 5.74) is 2.59. The summed E-state index contributed by atoms with van der Waals surface area (Å²) < 4.78 is 5.68. The Morgan fingerprint density at radius 3 is 2.95 bits per heavy atom. The molecular formula is C17H24N2O2. The lowest BCUT2D eigenvalue weighted by Crippen LogP contribution is -2.48. The summed E-state index contributed by atoms with van der Waals surface area (Å²) in [6.07, 6.45) is 5.59. The summed E-state index contributed by atoms with van der Waals surface area (Å²) in [6, 6.07) is 8.22. The number of amides is 1. The molecule has 1 aromatic rings. The molecule has 2 N–H and O–H groups in total. The van der Waals surface area contributed by atoms with E-state index in [0.29, 0.717) is 12.6 Å². The van der Waals surface area contributed by atoms with Gasteiger partial charge in [0.2, 0.25) is 5.91 Å². The highest BCUT2D eigenvalue weighted by atomic mass is 16.5. The first-order chi connectivity index (χ1) is 10.3. The van der Waals surface area contributed by atoms with Gasteiger partial charge in [-0.2, -0.15) is 0 Å². The number of nitrogens with one attached hydrogen (secondary N) is 2. The van der Waals surface area contributed by atoms with Gasteiger partial charge in [-0.3, -0.25) is 4.79 Å². The summed E-state index contributed by atoms with van der Waals surface area (Å²) in [5.74, 6) is 0.111. The molecule has 4 nitrogen and oxygen atoms in total. The maximum absolute atomic E-state index is 12.2. The molecule has 2 atom stereocenters. The van der Waals surface area contributed by atoms with Gasteiger partial charge in [0.15, 0.2) is 0 Å². The van der Waals surface area contributed by atoms with Gasteiger partial charge < -0.3 is 15.4 Å². The molecular weight excluding hydrogens is 264 g/mol. The fourth-order valence-electron chi connectivity index (χ4n) is 3.15. The van der Waals surface area contributed by atoms with Gasteiger partial charge in [0.25, 0.3) is 0 Å². The van der Waals surface area contributed by atoms with Crippen LogP contribution < -0.4 is 10.6 Å². The first-order valence-corrected chi connectivity index (χ1v) is 8.02. The lowest BCUT2D eigenvalue weighted by atomic mass is 9.95. The topological polar surface area (TPSA) is 50.4 Å². The van der Waals surface area contributed by atoms with Crippen LogP contribution in [-0.4, -0.2) is 31.2 Å². The second-order valence-electron chi connectivity index (χ2n) is 5.97. The van der Waals surface area contributed by atoms with Gasteiger partial charge in [0.1, 0.15) is 0 Å². The van der Waals surface area contributed by atoms with Crippen LogP contribution >= 0.6 is 0 Å². The van der Waals surface area contributed by atoms with E-state index in [1.165, 1.54) is 24.0 Å². The van der Waals surface area contributed by atoms with Crippen molar-refractivity contribution in [1.82, 2.24) is 10.6 Å². The van der Waals surface area contributed by atoms with Crippen molar-refractivity contribution in [3.05, 3.63) is 35.4 Å². The Hall–Kier alpha value is -1.39. The quantitative estimate of drug-likeness (QED) is 0.888. The second-order valence-corrected chi connectivity index (χ2v) is 5.97. The molecule has 3 rings (SSSR count). The van der Waals surface area contributed by atoms with Gasteiger partial charge in [-0.05, 0) is 43.2 Å². The summed E-state index contributed by atoms with van der Waals surface area (Å²) in [4.78, 5) is 12.2. The summed E-state index contributed by atoms with van der Waals surface area (Å²) in [5, 5.41) is 6.37. The molecule has 0 radical (unpaired) electrons. The van der Waals surface area contributed by atoms with E-state index in [4.69, 9.17) is 4.74 Å². The van der Waals surface area contributed by atoms with E-state index in [1.54, 1.807) is 0 Å². The predicted octanol–water partition coefficient (Wildman–Crippen LogP) is 1.78. The van der Waals surface area contributed by atoms with Crippen LogP contribution in [-0.2, 0) is 22.5 Å². The Kier molecular flexibility index (Phi) is 4.88. The summed E-state index contributed by atoms with van der Waals surface area (Å²) >= 11 is 0. The zero-order valence-electron chi connectivity index (χ0n) is 12.4. The molecule has 4 heteroatoms. The molecule has 114 valence electrons. The van der Waals surface area contributed by atoms with Crippen molar-refractivity contribution in [3.8, 4) is 0 Å². The Morgan fingerprint density at radius 2 is 2.14 bits per heavy atom. The first kappa shape index (κ1) is 14.5. The SMILES string of the molecule is O=C(NCC[C@@H]1CCCCO1)[C@H]1Cc2ccccc2CN1. The van der Waals surface area contributed by atoms with Crippen LogP contribution in [0.2, 0.25) is 0 Å². The van der Waals surface area contributed by atoms with Crippen LogP contribution in [0.15, 0.2) is 24.3 Å². The van der Waals surface area contributed by atoms with E-state index in [0.717, 1.165) is 32.4 Å². The molecule has 21 heavy (non-hydrogen) atoms.